The fourth-order valence-corrected chi connectivity index (χ4v) is 2.92. The number of nitrogens with one attached hydrogen (secondary N) is 1. The maximum atomic E-state index is 9.56. The average Bonchev–Trinajstić information content (AvgIpc) is 2.85. The Bertz CT molecular complexity index is 204. The van der Waals surface area contributed by atoms with Crippen molar-refractivity contribution in [2.75, 3.05) is 19.8 Å². The van der Waals surface area contributed by atoms with Gasteiger partial charge in [0.1, 0.15) is 0 Å². The van der Waals surface area contributed by atoms with Crippen LogP contribution in [0.15, 0.2) is 0 Å². The first kappa shape index (κ1) is 11.4. The van der Waals surface area contributed by atoms with E-state index in [-0.39, 0.29) is 12.1 Å². The minimum atomic E-state index is -0.0219. The molecule has 2 fully saturated rings. The zero-order chi connectivity index (χ0) is 10.7. The molecule has 1 aliphatic heterocycles. The van der Waals surface area contributed by atoms with E-state index in [1.165, 1.54) is 25.7 Å². The zero-order valence-corrected chi connectivity index (χ0v) is 9.67. The van der Waals surface area contributed by atoms with Gasteiger partial charge in [0.2, 0.25) is 0 Å². The molecule has 15 heavy (non-hydrogen) atoms. The molecule has 3 unspecified atom stereocenters. The van der Waals surface area contributed by atoms with E-state index in [2.05, 4.69) is 12.2 Å². The minimum absolute atomic E-state index is 0.0219. The quantitative estimate of drug-likeness (QED) is 0.740. The van der Waals surface area contributed by atoms with E-state index >= 15 is 0 Å². The number of aliphatic hydroxyl groups is 1. The van der Waals surface area contributed by atoms with Crippen LogP contribution in [0.3, 0.4) is 0 Å². The molecule has 1 aliphatic carbocycles. The SMILES string of the molecule is CC1CCCC1(CO)NCC1CCCO1. The molecule has 0 amide bonds. The van der Waals surface area contributed by atoms with Gasteiger partial charge in [-0.2, -0.15) is 0 Å². The lowest BCUT2D eigenvalue weighted by Crippen LogP contribution is -2.52. The van der Waals surface area contributed by atoms with Gasteiger partial charge in [-0.15, -0.1) is 0 Å². The van der Waals surface area contributed by atoms with Crippen molar-refractivity contribution >= 4 is 0 Å². The highest BCUT2D eigenvalue weighted by Crippen LogP contribution is 2.35. The third-order valence-corrected chi connectivity index (χ3v) is 4.19. The molecular formula is C12H23NO2. The monoisotopic (exact) mass is 213 g/mol. The lowest BCUT2D eigenvalue weighted by atomic mass is 9.89. The first-order valence-corrected chi connectivity index (χ1v) is 6.24. The Labute approximate surface area is 92.2 Å². The summed E-state index contributed by atoms with van der Waals surface area (Å²) in [5.41, 5.74) is -0.0219. The van der Waals surface area contributed by atoms with Crippen LogP contribution < -0.4 is 5.32 Å². The van der Waals surface area contributed by atoms with E-state index in [0.29, 0.717) is 12.0 Å². The van der Waals surface area contributed by atoms with Gasteiger partial charge >= 0.3 is 0 Å². The summed E-state index contributed by atoms with van der Waals surface area (Å²) in [7, 11) is 0. The van der Waals surface area contributed by atoms with Crippen molar-refractivity contribution in [1.29, 1.82) is 0 Å². The van der Waals surface area contributed by atoms with E-state index in [9.17, 15) is 5.11 Å². The summed E-state index contributed by atoms with van der Waals surface area (Å²) in [5.74, 6) is 0.587. The van der Waals surface area contributed by atoms with Crippen molar-refractivity contribution in [3.8, 4) is 0 Å². The zero-order valence-electron chi connectivity index (χ0n) is 9.67. The van der Waals surface area contributed by atoms with Crippen molar-refractivity contribution < 1.29 is 9.84 Å². The Hall–Kier alpha value is -0.120. The summed E-state index contributed by atoms with van der Waals surface area (Å²) in [6, 6.07) is 0. The van der Waals surface area contributed by atoms with E-state index in [1.54, 1.807) is 0 Å². The van der Waals surface area contributed by atoms with Gasteiger partial charge < -0.3 is 15.2 Å². The van der Waals surface area contributed by atoms with Crippen LogP contribution in [0.2, 0.25) is 0 Å². The highest BCUT2D eigenvalue weighted by atomic mass is 16.5. The van der Waals surface area contributed by atoms with Crippen LogP contribution in [0, 0.1) is 5.92 Å². The van der Waals surface area contributed by atoms with Crippen LogP contribution in [0.4, 0.5) is 0 Å². The Morgan fingerprint density at radius 2 is 2.27 bits per heavy atom. The smallest absolute Gasteiger partial charge is 0.0700 e. The molecule has 0 spiro atoms. The second kappa shape index (κ2) is 4.81. The van der Waals surface area contributed by atoms with Crippen LogP contribution in [0.5, 0.6) is 0 Å². The lowest BCUT2D eigenvalue weighted by Gasteiger charge is -2.34. The fourth-order valence-electron chi connectivity index (χ4n) is 2.92. The first-order valence-electron chi connectivity index (χ1n) is 6.24. The summed E-state index contributed by atoms with van der Waals surface area (Å²) < 4.78 is 5.59. The summed E-state index contributed by atoms with van der Waals surface area (Å²) in [4.78, 5) is 0. The molecule has 0 bridgehead atoms. The third kappa shape index (κ3) is 2.35. The van der Waals surface area contributed by atoms with Crippen molar-refractivity contribution in [3.05, 3.63) is 0 Å². The normalized spacial score (nSPS) is 41.2. The van der Waals surface area contributed by atoms with Crippen molar-refractivity contribution in [2.45, 2.75) is 50.7 Å². The Kier molecular flexibility index (Phi) is 3.65. The van der Waals surface area contributed by atoms with Crippen LogP contribution in [0.1, 0.15) is 39.0 Å². The molecular weight excluding hydrogens is 190 g/mol. The Balaban J connectivity index is 1.84. The summed E-state index contributed by atoms with van der Waals surface area (Å²) in [5, 5.41) is 13.1. The molecule has 0 aromatic rings. The third-order valence-electron chi connectivity index (χ3n) is 4.19. The van der Waals surface area contributed by atoms with Crippen molar-refractivity contribution in [1.82, 2.24) is 5.32 Å². The topological polar surface area (TPSA) is 41.5 Å². The summed E-state index contributed by atoms with van der Waals surface area (Å²) in [6.45, 7) is 4.32. The van der Waals surface area contributed by atoms with E-state index in [4.69, 9.17) is 4.74 Å². The van der Waals surface area contributed by atoms with E-state index in [0.717, 1.165) is 19.6 Å². The van der Waals surface area contributed by atoms with E-state index < -0.39 is 0 Å². The molecule has 1 saturated carbocycles. The molecule has 88 valence electrons. The largest absolute Gasteiger partial charge is 0.394 e. The summed E-state index contributed by atoms with van der Waals surface area (Å²) in [6.07, 6.45) is 6.31. The van der Waals surface area contributed by atoms with Crippen LogP contribution in [-0.2, 0) is 4.74 Å². The number of ether oxygens (including phenoxy) is 1. The van der Waals surface area contributed by atoms with Crippen molar-refractivity contribution in [2.24, 2.45) is 5.92 Å². The molecule has 3 nitrogen and oxygen atoms in total. The number of rotatable bonds is 4. The van der Waals surface area contributed by atoms with Gasteiger partial charge in [-0.25, -0.2) is 0 Å². The van der Waals surface area contributed by atoms with Gasteiger partial charge in [0.05, 0.1) is 12.7 Å². The summed E-state index contributed by atoms with van der Waals surface area (Å²) >= 11 is 0. The molecule has 1 saturated heterocycles. The van der Waals surface area contributed by atoms with Gasteiger partial charge in [-0.05, 0) is 31.6 Å². The highest BCUT2D eigenvalue weighted by Gasteiger charge is 2.39. The van der Waals surface area contributed by atoms with Crippen LogP contribution in [0.25, 0.3) is 0 Å². The predicted molar refractivity (Wildman–Crippen MR) is 59.8 cm³/mol. The standard InChI is InChI=1S/C12H23NO2/c1-10-4-2-6-12(10,9-14)13-8-11-5-3-7-15-11/h10-11,13-14H,2-9H2,1H3. The molecule has 2 N–H and O–H groups in total. The maximum absolute atomic E-state index is 9.56. The predicted octanol–water partition coefficient (Wildman–Crippen LogP) is 1.31. The fraction of sp³-hybridized carbons (Fsp3) is 1.00. The molecule has 3 heteroatoms. The number of hydrogen-bond acceptors (Lipinski definition) is 3. The van der Waals surface area contributed by atoms with Gasteiger partial charge in [0.15, 0.2) is 0 Å². The van der Waals surface area contributed by atoms with Gasteiger partial charge in [0.25, 0.3) is 0 Å². The minimum Gasteiger partial charge on any atom is -0.394 e. The van der Waals surface area contributed by atoms with Gasteiger partial charge in [-0.3, -0.25) is 0 Å². The lowest BCUT2D eigenvalue weighted by molar-refractivity contribution is 0.0777. The van der Waals surface area contributed by atoms with Crippen LogP contribution >= 0.6 is 0 Å². The second-order valence-electron chi connectivity index (χ2n) is 5.12. The van der Waals surface area contributed by atoms with Gasteiger partial charge in [-0.1, -0.05) is 13.3 Å². The average molecular weight is 213 g/mol. The molecule has 0 aromatic heterocycles. The molecule has 2 rings (SSSR count). The van der Waals surface area contributed by atoms with E-state index in [1.807, 2.05) is 0 Å². The van der Waals surface area contributed by atoms with Gasteiger partial charge in [0, 0.05) is 18.7 Å². The van der Waals surface area contributed by atoms with Crippen molar-refractivity contribution in [3.63, 3.8) is 0 Å². The highest BCUT2D eigenvalue weighted by molar-refractivity contribution is 4.97. The molecule has 0 radical (unpaired) electrons. The maximum Gasteiger partial charge on any atom is 0.0700 e. The van der Waals surface area contributed by atoms with Crippen LogP contribution in [-0.4, -0.2) is 36.5 Å². The Morgan fingerprint density at radius 3 is 2.80 bits per heavy atom. The first-order chi connectivity index (χ1) is 7.27. The number of aliphatic hydroxyl groups excluding tert-OH is 1. The number of hydrogen-bond donors (Lipinski definition) is 2. The molecule has 1 heterocycles. The molecule has 3 atom stereocenters. The Morgan fingerprint density at radius 1 is 1.40 bits per heavy atom. The molecule has 0 aromatic carbocycles. The second-order valence-corrected chi connectivity index (χ2v) is 5.12. The molecule has 2 aliphatic rings.